The molecule has 0 radical (unpaired) electrons. The summed E-state index contributed by atoms with van der Waals surface area (Å²) in [4.78, 5) is 35.5. The van der Waals surface area contributed by atoms with Crippen LogP contribution in [0.1, 0.15) is 28.9 Å². The van der Waals surface area contributed by atoms with Crippen LogP contribution in [-0.4, -0.2) is 49.6 Å². The summed E-state index contributed by atoms with van der Waals surface area (Å²) < 4.78 is 1.71. The predicted molar refractivity (Wildman–Crippen MR) is 109 cm³/mol. The number of carbonyl (C=O) groups excluding carboxylic acids is 2. The fraction of sp³-hybridized carbons (Fsp3) is 0.350. The van der Waals surface area contributed by atoms with Crippen LogP contribution < -0.4 is 5.32 Å². The summed E-state index contributed by atoms with van der Waals surface area (Å²) in [6.45, 7) is 1.59. The first kappa shape index (κ1) is 19.3. The first-order chi connectivity index (χ1) is 14.1. The van der Waals surface area contributed by atoms with Crippen molar-refractivity contribution in [1.29, 1.82) is 0 Å². The third-order valence-electron chi connectivity index (χ3n) is 5.02. The zero-order valence-electron chi connectivity index (χ0n) is 16.1. The summed E-state index contributed by atoms with van der Waals surface area (Å²) >= 11 is 1.44. The van der Waals surface area contributed by atoms with E-state index in [1.165, 1.54) is 11.3 Å². The van der Waals surface area contributed by atoms with Crippen molar-refractivity contribution in [2.75, 3.05) is 13.1 Å². The van der Waals surface area contributed by atoms with Gasteiger partial charge in [-0.2, -0.15) is 5.10 Å². The Hall–Kier alpha value is -3.07. The molecule has 1 fully saturated rings. The normalized spacial score (nSPS) is 14.7. The van der Waals surface area contributed by atoms with Crippen molar-refractivity contribution in [2.24, 2.45) is 13.0 Å². The first-order valence-corrected chi connectivity index (χ1v) is 10.4. The van der Waals surface area contributed by atoms with Gasteiger partial charge in [0.25, 0.3) is 5.91 Å². The Kier molecular flexibility index (Phi) is 5.66. The SMILES string of the molecule is Cn1cc(-c2nc(C(=O)N3CCC(C(=O)NCc4cccnc4)CC3)cs2)cn1. The van der Waals surface area contributed by atoms with Gasteiger partial charge in [-0.1, -0.05) is 6.07 Å². The van der Waals surface area contributed by atoms with Crippen molar-refractivity contribution in [3.8, 4) is 10.6 Å². The highest BCUT2D eigenvalue weighted by Crippen LogP contribution is 2.25. The topological polar surface area (TPSA) is 93.0 Å². The highest BCUT2D eigenvalue weighted by molar-refractivity contribution is 7.13. The number of carbonyl (C=O) groups is 2. The molecular formula is C20H22N6O2S. The van der Waals surface area contributed by atoms with Crippen LogP contribution in [0.25, 0.3) is 10.6 Å². The highest BCUT2D eigenvalue weighted by atomic mass is 32.1. The smallest absolute Gasteiger partial charge is 0.273 e. The Morgan fingerprint density at radius 3 is 2.79 bits per heavy atom. The third-order valence-corrected chi connectivity index (χ3v) is 5.91. The van der Waals surface area contributed by atoms with Gasteiger partial charge in [0.2, 0.25) is 5.91 Å². The molecule has 150 valence electrons. The minimum atomic E-state index is -0.0781. The number of pyridine rings is 1. The molecule has 0 aliphatic carbocycles. The van der Waals surface area contributed by atoms with E-state index in [-0.39, 0.29) is 17.7 Å². The molecular weight excluding hydrogens is 388 g/mol. The molecule has 0 atom stereocenters. The Morgan fingerprint density at radius 2 is 2.10 bits per heavy atom. The minimum Gasteiger partial charge on any atom is -0.352 e. The molecule has 1 N–H and O–H groups in total. The maximum Gasteiger partial charge on any atom is 0.273 e. The molecule has 9 heteroatoms. The maximum atomic E-state index is 12.8. The van der Waals surface area contributed by atoms with E-state index in [1.807, 2.05) is 25.4 Å². The van der Waals surface area contributed by atoms with Crippen LogP contribution in [0.5, 0.6) is 0 Å². The van der Waals surface area contributed by atoms with Crippen LogP contribution in [0.2, 0.25) is 0 Å². The molecule has 4 heterocycles. The molecule has 0 unspecified atom stereocenters. The number of nitrogens with one attached hydrogen (secondary N) is 1. The molecule has 0 bridgehead atoms. The zero-order chi connectivity index (χ0) is 20.2. The van der Waals surface area contributed by atoms with Crippen molar-refractivity contribution in [3.63, 3.8) is 0 Å². The van der Waals surface area contributed by atoms with E-state index in [0.717, 1.165) is 16.1 Å². The molecule has 1 aliphatic heterocycles. The Labute approximate surface area is 172 Å². The largest absolute Gasteiger partial charge is 0.352 e. The summed E-state index contributed by atoms with van der Waals surface area (Å²) in [7, 11) is 1.85. The molecule has 4 rings (SSSR count). The van der Waals surface area contributed by atoms with Crippen molar-refractivity contribution in [1.82, 2.24) is 30.0 Å². The van der Waals surface area contributed by atoms with Crippen LogP contribution in [0.15, 0.2) is 42.3 Å². The van der Waals surface area contributed by atoms with E-state index in [2.05, 4.69) is 20.4 Å². The molecule has 3 aromatic rings. The van der Waals surface area contributed by atoms with Gasteiger partial charge in [0.05, 0.1) is 6.20 Å². The predicted octanol–water partition coefficient (Wildman–Crippen LogP) is 2.11. The van der Waals surface area contributed by atoms with E-state index in [9.17, 15) is 9.59 Å². The molecule has 3 aromatic heterocycles. The number of likely N-dealkylation sites (tertiary alicyclic amines) is 1. The number of rotatable bonds is 5. The lowest BCUT2D eigenvalue weighted by Gasteiger charge is -2.30. The standard InChI is InChI=1S/C20H22N6O2S/c1-25-12-16(11-23-25)19-24-17(13-29-19)20(28)26-7-4-15(5-8-26)18(27)22-10-14-3-2-6-21-9-14/h2-3,6,9,11-13,15H,4-5,7-8,10H2,1H3,(H,22,27). The van der Waals surface area contributed by atoms with Gasteiger partial charge < -0.3 is 10.2 Å². The van der Waals surface area contributed by atoms with Gasteiger partial charge in [-0.15, -0.1) is 11.3 Å². The van der Waals surface area contributed by atoms with Gasteiger partial charge in [0.1, 0.15) is 10.7 Å². The molecule has 8 nitrogen and oxygen atoms in total. The van der Waals surface area contributed by atoms with Crippen LogP contribution in [0.4, 0.5) is 0 Å². The van der Waals surface area contributed by atoms with E-state index >= 15 is 0 Å². The number of aromatic nitrogens is 4. The van der Waals surface area contributed by atoms with Gasteiger partial charge in [-0.25, -0.2) is 4.98 Å². The molecule has 2 amide bonds. The lowest BCUT2D eigenvalue weighted by molar-refractivity contribution is -0.126. The van der Waals surface area contributed by atoms with Crippen molar-refractivity contribution < 1.29 is 9.59 Å². The number of hydrogen-bond acceptors (Lipinski definition) is 6. The molecule has 0 aromatic carbocycles. The van der Waals surface area contributed by atoms with Gasteiger partial charge in [-0.3, -0.25) is 19.3 Å². The van der Waals surface area contributed by atoms with Gasteiger partial charge in [-0.05, 0) is 24.5 Å². The zero-order valence-corrected chi connectivity index (χ0v) is 16.9. The quantitative estimate of drug-likeness (QED) is 0.695. The Balaban J connectivity index is 1.29. The minimum absolute atomic E-state index is 0.0356. The van der Waals surface area contributed by atoms with Crippen LogP contribution >= 0.6 is 11.3 Å². The van der Waals surface area contributed by atoms with E-state index in [4.69, 9.17) is 0 Å². The molecule has 0 saturated carbocycles. The van der Waals surface area contributed by atoms with Gasteiger partial charge in [0, 0.05) is 62.1 Å². The summed E-state index contributed by atoms with van der Waals surface area (Å²) in [5, 5.41) is 9.68. The lowest BCUT2D eigenvalue weighted by Crippen LogP contribution is -2.43. The number of aryl methyl sites for hydroxylation is 1. The number of piperidine rings is 1. The Morgan fingerprint density at radius 1 is 1.28 bits per heavy atom. The average molecular weight is 411 g/mol. The Bertz CT molecular complexity index is 991. The van der Waals surface area contributed by atoms with Crippen molar-refractivity contribution >= 4 is 23.2 Å². The van der Waals surface area contributed by atoms with Gasteiger partial charge in [0.15, 0.2) is 0 Å². The molecule has 1 saturated heterocycles. The molecule has 1 aliphatic rings. The second kappa shape index (κ2) is 8.52. The number of nitrogens with zero attached hydrogens (tertiary/aromatic N) is 5. The highest BCUT2D eigenvalue weighted by Gasteiger charge is 2.28. The summed E-state index contributed by atoms with van der Waals surface area (Å²) in [6.07, 6.45) is 8.38. The second-order valence-corrected chi connectivity index (χ2v) is 7.94. The number of hydrogen-bond donors (Lipinski definition) is 1. The molecule has 29 heavy (non-hydrogen) atoms. The average Bonchev–Trinajstić information content (AvgIpc) is 3.41. The van der Waals surface area contributed by atoms with Crippen molar-refractivity contribution in [2.45, 2.75) is 19.4 Å². The summed E-state index contributed by atoms with van der Waals surface area (Å²) in [5.41, 5.74) is 2.33. The molecule has 0 spiro atoms. The van der Waals surface area contributed by atoms with E-state index in [1.54, 1.807) is 33.6 Å². The third kappa shape index (κ3) is 4.51. The first-order valence-electron chi connectivity index (χ1n) is 9.50. The fourth-order valence-electron chi connectivity index (χ4n) is 3.38. The maximum absolute atomic E-state index is 12.8. The second-order valence-electron chi connectivity index (χ2n) is 7.09. The van der Waals surface area contributed by atoms with E-state index < -0.39 is 0 Å². The van der Waals surface area contributed by atoms with E-state index in [0.29, 0.717) is 38.2 Å². The number of thiazole rings is 1. The number of amides is 2. The lowest BCUT2D eigenvalue weighted by atomic mass is 9.95. The van der Waals surface area contributed by atoms with Crippen LogP contribution in [0.3, 0.4) is 0 Å². The van der Waals surface area contributed by atoms with Crippen LogP contribution in [-0.2, 0) is 18.4 Å². The van der Waals surface area contributed by atoms with Crippen LogP contribution in [0, 0.1) is 5.92 Å². The van der Waals surface area contributed by atoms with Gasteiger partial charge >= 0.3 is 0 Å². The summed E-state index contributed by atoms with van der Waals surface area (Å²) in [5.74, 6) is -0.115. The summed E-state index contributed by atoms with van der Waals surface area (Å²) in [6, 6.07) is 3.78. The van der Waals surface area contributed by atoms with Crippen molar-refractivity contribution in [3.05, 3.63) is 53.6 Å². The fourth-order valence-corrected chi connectivity index (χ4v) is 4.15. The monoisotopic (exact) mass is 410 g/mol.